The quantitative estimate of drug-likeness (QED) is 0.848. The summed E-state index contributed by atoms with van der Waals surface area (Å²) < 4.78 is 26.5. The Morgan fingerprint density at radius 1 is 1.18 bits per heavy atom. The number of nitrogens with one attached hydrogen (secondary N) is 1. The van der Waals surface area contributed by atoms with Gasteiger partial charge >= 0.3 is 0 Å². The summed E-state index contributed by atoms with van der Waals surface area (Å²) in [7, 11) is 0. The maximum Gasteiger partial charge on any atom is 0.181 e. The van der Waals surface area contributed by atoms with Crippen molar-refractivity contribution in [1.29, 1.82) is 0 Å². The molecule has 0 spiro atoms. The standard InChI is InChI=1S/C13H13F2NS/c1-8-6-7-12(17-8)9(2)16-11-5-3-4-10(14)13(11)15/h3-7,9,16H,1-2H3. The van der Waals surface area contributed by atoms with Gasteiger partial charge in [0.25, 0.3) is 0 Å². The molecular weight excluding hydrogens is 240 g/mol. The van der Waals surface area contributed by atoms with Crippen LogP contribution in [0.2, 0.25) is 0 Å². The topological polar surface area (TPSA) is 12.0 Å². The van der Waals surface area contributed by atoms with Crippen LogP contribution in [0.15, 0.2) is 30.3 Å². The molecule has 1 aromatic heterocycles. The van der Waals surface area contributed by atoms with Crippen LogP contribution in [-0.2, 0) is 0 Å². The molecule has 0 aliphatic carbocycles. The lowest BCUT2D eigenvalue weighted by Gasteiger charge is -2.14. The van der Waals surface area contributed by atoms with Gasteiger partial charge in [0.1, 0.15) is 0 Å². The first-order valence-electron chi connectivity index (χ1n) is 5.35. The smallest absolute Gasteiger partial charge is 0.181 e. The van der Waals surface area contributed by atoms with Crippen molar-refractivity contribution in [2.24, 2.45) is 0 Å². The van der Waals surface area contributed by atoms with E-state index >= 15 is 0 Å². The largest absolute Gasteiger partial charge is 0.375 e. The van der Waals surface area contributed by atoms with Crippen molar-refractivity contribution in [1.82, 2.24) is 0 Å². The van der Waals surface area contributed by atoms with Crippen LogP contribution in [0.5, 0.6) is 0 Å². The molecule has 1 N–H and O–H groups in total. The first-order chi connectivity index (χ1) is 8.08. The molecular formula is C13H13F2NS. The van der Waals surface area contributed by atoms with Gasteiger partial charge in [0.2, 0.25) is 0 Å². The predicted octanol–water partition coefficient (Wildman–Crippen LogP) is 4.51. The molecule has 0 saturated carbocycles. The summed E-state index contributed by atoms with van der Waals surface area (Å²) in [5, 5.41) is 2.98. The third kappa shape index (κ3) is 2.64. The van der Waals surface area contributed by atoms with Gasteiger partial charge in [-0.25, -0.2) is 8.78 Å². The maximum absolute atomic E-state index is 13.4. The second-order valence-electron chi connectivity index (χ2n) is 3.92. The molecule has 0 saturated heterocycles. The summed E-state index contributed by atoms with van der Waals surface area (Å²) in [6.45, 7) is 3.94. The van der Waals surface area contributed by atoms with Gasteiger partial charge in [0, 0.05) is 9.75 Å². The molecule has 1 unspecified atom stereocenters. The summed E-state index contributed by atoms with van der Waals surface area (Å²) in [6, 6.07) is 8.11. The van der Waals surface area contributed by atoms with Gasteiger partial charge in [-0.05, 0) is 38.1 Å². The third-order valence-electron chi connectivity index (χ3n) is 2.51. The van der Waals surface area contributed by atoms with Crippen LogP contribution in [0.4, 0.5) is 14.5 Å². The molecule has 0 fully saturated rings. The predicted molar refractivity (Wildman–Crippen MR) is 67.5 cm³/mol. The van der Waals surface area contributed by atoms with Gasteiger partial charge < -0.3 is 5.32 Å². The zero-order chi connectivity index (χ0) is 12.4. The lowest BCUT2D eigenvalue weighted by molar-refractivity contribution is 0.510. The van der Waals surface area contributed by atoms with Crippen LogP contribution in [0.1, 0.15) is 22.7 Å². The second-order valence-corrected chi connectivity index (χ2v) is 5.24. The Labute approximate surface area is 103 Å². The Morgan fingerprint density at radius 2 is 1.94 bits per heavy atom. The van der Waals surface area contributed by atoms with Crippen molar-refractivity contribution in [2.75, 3.05) is 5.32 Å². The highest BCUT2D eigenvalue weighted by molar-refractivity contribution is 7.12. The summed E-state index contributed by atoms with van der Waals surface area (Å²) in [4.78, 5) is 2.31. The van der Waals surface area contributed by atoms with Crippen LogP contribution >= 0.6 is 11.3 Å². The van der Waals surface area contributed by atoms with E-state index < -0.39 is 11.6 Å². The molecule has 0 radical (unpaired) electrons. The van der Waals surface area contributed by atoms with E-state index in [0.717, 1.165) is 10.9 Å². The molecule has 0 amide bonds. The number of aryl methyl sites for hydroxylation is 1. The average molecular weight is 253 g/mol. The highest BCUT2D eigenvalue weighted by Gasteiger charge is 2.12. The van der Waals surface area contributed by atoms with Gasteiger partial charge in [-0.3, -0.25) is 0 Å². The van der Waals surface area contributed by atoms with Gasteiger partial charge in [0.15, 0.2) is 11.6 Å². The normalized spacial score (nSPS) is 12.5. The van der Waals surface area contributed by atoms with Crippen molar-refractivity contribution in [3.05, 3.63) is 51.7 Å². The molecule has 2 rings (SSSR count). The minimum Gasteiger partial charge on any atom is -0.375 e. The number of anilines is 1. The molecule has 0 aliphatic rings. The van der Waals surface area contributed by atoms with Crippen LogP contribution in [0, 0.1) is 18.6 Å². The highest BCUT2D eigenvalue weighted by atomic mass is 32.1. The lowest BCUT2D eigenvalue weighted by Crippen LogP contribution is -2.07. The molecule has 0 aliphatic heterocycles. The molecule has 90 valence electrons. The fourth-order valence-corrected chi connectivity index (χ4v) is 2.49. The molecule has 17 heavy (non-hydrogen) atoms. The van der Waals surface area contributed by atoms with Crippen LogP contribution < -0.4 is 5.32 Å². The minimum absolute atomic E-state index is 0.0370. The van der Waals surface area contributed by atoms with Gasteiger partial charge in [-0.15, -0.1) is 11.3 Å². The van der Waals surface area contributed by atoms with E-state index in [1.165, 1.54) is 17.0 Å². The molecule has 1 aromatic carbocycles. The van der Waals surface area contributed by atoms with Crippen LogP contribution in [0.25, 0.3) is 0 Å². The fourth-order valence-electron chi connectivity index (χ4n) is 1.61. The van der Waals surface area contributed by atoms with Crippen molar-refractivity contribution in [3.63, 3.8) is 0 Å². The van der Waals surface area contributed by atoms with Crippen LogP contribution in [-0.4, -0.2) is 0 Å². The summed E-state index contributed by atoms with van der Waals surface area (Å²) in [5.41, 5.74) is 0.198. The van der Waals surface area contributed by atoms with Gasteiger partial charge in [0.05, 0.1) is 11.7 Å². The second kappa shape index (κ2) is 4.84. The monoisotopic (exact) mass is 253 g/mol. The van der Waals surface area contributed by atoms with E-state index in [0.29, 0.717) is 0 Å². The third-order valence-corrected chi connectivity index (χ3v) is 3.69. The minimum atomic E-state index is -0.829. The van der Waals surface area contributed by atoms with Crippen molar-refractivity contribution in [3.8, 4) is 0 Å². The number of benzene rings is 1. The molecule has 0 bridgehead atoms. The van der Waals surface area contributed by atoms with E-state index in [1.54, 1.807) is 11.3 Å². The molecule has 1 nitrogen and oxygen atoms in total. The number of thiophene rings is 1. The van der Waals surface area contributed by atoms with Crippen molar-refractivity contribution >= 4 is 17.0 Å². The summed E-state index contributed by atoms with van der Waals surface area (Å²) in [6.07, 6.45) is 0. The summed E-state index contributed by atoms with van der Waals surface area (Å²) >= 11 is 1.65. The Morgan fingerprint density at radius 3 is 2.59 bits per heavy atom. The first kappa shape index (κ1) is 12.0. The SMILES string of the molecule is Cc1ccc(C(C)Nc2cccc(F)c2F)s1. The first-order valence-corrected chi connectivity index (χ1v) is 6.16. The van der Waals surface area contributed by atoms with Crippen molar-refractivity contribution in [2.45, 2.75) is 19.9 Å². The number of hydrogen-bond donors (Lipinski definition) is 1. The molecule has 2 aromatic rings. The van der Waals surface area contributed by atoms with Crippen LogP contribution in [0.3, 0.4) is 0 Å². The van der Waals surface area contributed by atoms with Gasteiger partial charge in [-0.2, -0.15) is 0 Å². The van der Waals surface area contributed by atoms with E-state index in [-0.39, 0.29) is 11.7 Å². The van der Waals surface area contributed by atoms with E-state index in [2.05, 4.69) is 5.32 Å². The van der Waals surface area contributed by atoms with E-state index in [4.69, 9.17) is 0 Å². The zero-order valence-corrected chi connectivity index (χ0v) is 10.4. The fraction of sp³-hybridized carbons (Fsp3) is 0.231. The van der Waals surface area contributed by atoms with Gasteiger partial charge in [-0.1, -0.05) is 6.07 Å². The van der Waals surface area contributed by atoms with Crippen molar-refractivity contribution < 1.29 is 8.78 Å². The van der Waals surface area contributed by atoms with E-state index in [9.17, 15) is 8.78 Å². The Kier molecular flexibility index (Phi) is 3.43. The average Bonchev–Trinajstić information content (AvgIpc) is 2.72. The van der Waals surface area contributed by atoms with E-state index in [1.807, 2.05) is 26.0 Å². The Bertz CT molecular complexity index is 522. The summed E-state index contributed by atoms with van der Waals surface area (Å²) in [5.74, 6) is -1.66. The molecule has 1 atom stereocenters. The number of rotatable bonds is 3. The Balaban J connectivity index is 2.18. The number of halogens is 2. The molecule has 1 heterocycles. The Hall–Kier alpha value is -1.42. The zero-order valence-electron chi connectivity index (χ0n) is 9.63. The molecule has 4 heteroatoms. The lowest BCUT2D eigenvalue weighted by atomic mass is 10.2. The maximum atomic E-state index is 13.4. The highest BCUT2D eigenvalue weighted by Crippen LogP contribution is 2.27. The number of hydrogen-bond acceptors (Lipinski definition) is 2.